The molecular formula is C16H16ClNO3S. The van der Waals surface area contributed by atoms with Crippen LogP contribution in [0.3, 0.4) is 0 Å². The molecule has 6 heteroatoms. The number of nitrogens with one attached hydrogen (secondary N) is 1. The molecule has 0 saturated carbocycles. The van der Waals surface area contributed by atoms with Gasteiger partial charge in [-0.25, -0.2) is 0 Å². The van der Waals surface area contributed by atoms with E-state index < -0.39 is 10.8 Å². The molecule has 0 radical (unpaired) electrons. The van der Waals surface area contributed by atoms with Gasteiger partial charge in [-0.05, 0) is 29.8 Å². The summed E-state index contributed by atoms with van der Waals surface area (Å²) in [7, 11) is -0.924. The van der Waals surface area contributed by atoms with Gasteiger partial charge in [-0.1, -0.05) is 23.7 Å². The molecule has 2 aromatic rings. The third-order valence-electron chi connectivity index (χ3n) is 3.37. The maximum absolute atomic E-state index is 11.4. The molecular weight excluding hydrogens is 322 g/mol. The smallest absolute Gasteiger partial charge is 0.231 e. The molecule has 0 saturated heterocycles. The van der Waals surface area contributed by atoms with E-state index in [4.69, 9.17) is 21.1 Å². The predicted molar refractivity (Wildman–Crippen MR) is 89.1 cm³/mol. The fraction of sp³-hybridized carbons (Fsp3) is 0.250. The highest BCUT2D eigenvalue weighted by Crippen LogP contribution is 2.35. The normalized spacial score (nSPS) is 13.9. The van der Waals surface area contributed by atoms with Gasteiger partial charge in [-0.2, -0.15) is 0 Å². The molecule has 0 bridgehead atoms. The number of hydrogen-bond donors (Lipinski definition) is 1. The van der Waals surface area contributed by atoms with Crippen molar-refractivity contribution in [2.45, 2.75) is 12.3 Å². The monoisotopic (exact) mass is 337 g/mol. The summed E-state index contributed by atoms with van der Waals surface area (Å²) in [5, 5.41) is 3.98. The fourth-order valence-corrected chi connectivity index (χ4v) is 3.28. The molecule has 0 aromatic heterocycles. The maximum Gasteiger partial charge on any atom is 0.231 e. The van der Waals surface area contributed by atoms with Crippen molar-refractivity contribution in [3.05, 3.63) is 52.5 Å². The Labute approximate surface area is 136 Å². The van der Waals surface area contributed by atoms with Crippen LogP contribution >= 0.6 is 11.6 Å². The second-order valence-corrected chi connectivity index (χ2v) is 6.87. The highest BCUT2D eigenvalue weighted by molar-refractivity contribution is 7.83. The summed E-state index contributed by atoms with van der Waals surface area (Å²) >= 11 is 6.14. The standard InChI is InChI=1S/C16H16ClNO3S/c1-22(19)9-12-7-13(5-6-14(12)17)18-8-11-3-2-4-15-16(11)21-10-20-15/h2-7,18H,8-10H2,1H3. The lowest BCUT2D eigenvalue weighted by Crippen LogP contribution is -2.02. The number of rotatable bonds is 5. The number of fused-ring (bicyclic) bond motifs is 1. The minimum Gasteiger partial charge on any atom is -0.454 e. The number of ether oxygens (including phenoxy) is 2. The molecule has 0 fully saturated rings. The molecule has 1 aliphatic heterocycles. The van der Waals surface area contributed by atoms with Crippen LogP contribution in [-0.4, -0.2) is 17.3 Å². The van der Waals surface area contributed by atoms with E-state index in [-0.39, 0.29) is 6.79 Å². The Bertz CT molecular complexity index is 721. The zero-order valence-electron chi connectivity index (χ0n) is 12.1. The first-order valence-electron chi connectivity index (χ1n) is 6.83. The molecule has 4 nitrogen and oxygen atoms in total. The lowest BCUT2D eigenvalue weighted by Gasteiger charge is -2.11. The van der Waals surface area contributed by atoms with Gasteiger partial charge in [0.1, 0.15) is 0 Å². The van der Waals surface area contributed by atoms with Crippen LogP contribution in [0.25, 0.3) is 0 Å². The van der Waals surface area contributed by atoms with Gasteiger partial charge in [-0.15, -0.1) is 0 Å². The van der Waals surface area contributed by atoms with E-state index in [0.29, 0.717) is 17.3 Å². The van der Waals surface area contributed by atoms with Crippen molar-refractivity contribution in [3.8, 4) is 11.5 Å². The maximum atomic E-state index is 11.4. The topological polar surface area (TPSA) is 47.6 Å². The Balaban J connectivity index is 1.74. The zero-order chi connectivity index (χ0) is 15.5. The predicted octanol–water partition coefficient (Wildman–Crippen LogP) is 3.56. The van der Waals surface area contributed by atoms with Crippen molar-refractivity contribution in [1.82, 2.24) is 0 Å². The van der Waals surface area contributed by atoms with Crippen molar-refractivity contribution >= 4 is 28.1 Å². The quantitative estimate of drug-likeness (QED) is 0.906. The van der Waals surface area contributed by atoms with Crippen LogP contribution in [0.1, 0.15) is 11.1 Å². The van der Waals surface area contributed by atoms with Gasteiger partial charge in [0, 0.05) is 45.6 Å². The molecule has 22 heavy (non-hydrogen) atoms. The molecule has 1 aliphatic rings. The summed E-state index contributed by atoms with van der Waals surface area (Å²) in [6.45, 7) is 0.878. The van der Waals surface area contributed by atoms with Crippen molar-refractivity contribution in [3.63, 3.8) is 0 Å². The van der Waals surface area contributed by atoms with Crippen LogP contribution in [0.15, 0.2) is 36.4 Å². The molecule has 1 N–H and O–H groups in total. The Morgan fingerprint density at radius 1 is 1.23 bits per heavy atom. The summed E-state index contributed by atoms with van der Waals surface area (Å²) in [4.78, 5) is 0. The number of benzene rings is 2. The largest absolute Gasteiger partial charge is 0.454 e. The highest BCUT2D eigenvalue weighted by Gasteiger charge is 2.16. The van der Waals surface area contributed by atoms with Gasteiger partial charge in [0.2, 0.25) is 6.79 Å². The molecule has 0 amide bonds. The Kier molecular flexibility index (Phi) is 4.55. The van der Waals surface area contributed by atoms with Gasteiger partial charge < -0.3 is 14.8 Å². The molecule has 116 valence electrons. The lowest BCUT2D eigenvalue weighted by molar-refractivity contribution is 0.173. The average Bonchev–Trinajstić information content (AvgIpc) is 2.96. The Hall–Kier alpha value is -1.72. The molecule has 0 aliphatic carbocycles. The van der Waals surface area contributed by atoms with E-state index in [1.54, 1.807) is 6.26 Å². The van der Waals surface area contributed by atoms with E-state index in [1.807, 2.05) is 36.4 Å². The molecule has 1 heterocycles. The van der Waals surface area contributed by atoms with Crippen LogP contribution in [0.4, 0.5) is 5.69 Å². The van der Waals surface area contributed by atoms with Gasteiger partial charge in [-0.3, -0.25) is 4.21 Å². The van der Waals surface area contributed by atoms with E-state index >= 15 is 0 Å². The minimum absolute atomic E-state index is 0.264. The molecule has 3 rings (SSSR count). The van der Waals surface area contributed by atoms with E-state index in [0.717, 1.165) is 28.3 Å². The first-order valence-corrected chi connectivity index (χ1v) is 8.94. The van der Waals surface area contributed by atoms with E-state index in [9.17, 15) is 4.21 Å². The summed E-state index contributed by atoms with van der Waals surface area (Å²) in [6, 6.07) is 11.5. The molecule has 1 atom stereocenters. The molecule has 1 unspecified atom stereocenters. The molecule has 2 aromatic carbocycles. The van der Waals surface area contributed by atoms with Crippen molar-refractivity contribution < 1.29 is 13.7 Å². The number of anilines is 1. The second-order valence-electron chi connectivity index (χ2n) is 5.03. The zero-order valence-corrected chi connectivity index (χ0v) is 13.7. The van der Waals surface area contributed by atoms with Crippen LogP contribution in [0, 0.1) is 0 Å². The lowest BCUT2D eigenvalue weighted by atomic mass is 10.1. The van der Waals surface area contributed by atoms with E-state index in [1.165, 1.54) is 0 Å². The van der Waals surface area contributed by atoms with Crippen LogP contribution < -0.4 is 14.8 Å². The number of para-hydroxylation sites is 1. The third kappa shape index (κ3) is 3.36. The summed E-state index contributed by atoms with van der Waals surface area (Å²) in [5.41, 5.74) is 2.84. The van der Waals surface area contributed by atoms with Crippen molar-refractivity contribution in [1.29, 1.82) is 0 Å². The minimum atomic E-state index is -0.924. The van der Waals surface area contributed by atoms with Crippen molar-refractivity contribution in [2.24, 2.45) is 0 Å². The molecule has 0 spiro atoms. The summed E-state index contributed by atoms with van der Waals surface area (Å²) in [5.74, 6) is 2.02. The van der Waals surface area contributed by atoms with Gasteiger partial charge in [0.15, 0.2) is 11.5 Å². The van der Waals surface area contributed by atoms with Crippen LogP contribution in [-0.2, 0) is 23.1 Å². The Morgan fingerprint density at radius 2 is 2.09 bits per heavy atom. The fourth-order valence-electron chi connectivity index (χ4n) is 2.34. The number of hydrogen-bond acceptors (Lipinski definition) is 4. The van der Waals surface area contributed by atoms with Crippen LogP contribution in [0.5, 0.6) is 11.5 Å². The Morgan fingerprint density at radius 3 is 2.91 bits per heavy atom. The number of halogens is 1. The van der Waals surface area contributed by atoms with Gasteiger partial charge in [0.05, 0.1) is 0 Å². The van der Waals surface area contributed by atoms with Crippen LogP contribution in [0.2, 0.25) is 5.02 Å². The first-order chi connectivity index (χ1) is 10.6. The van der Waals surface area contributed by atoms with Crippen molar-refractivity contribution in [2.75, 3.05) is 18.4 Å². The first kappa shape index (κ1) is 15.2. The summed E-state index contributed by atoms with van der Waals surface area (Å²) < 4.78 is 22.2. The third-order valence-corrected chi connectivity index (χ3v) is 4.45. The van der Waals surface area contributed by atoms with E-state index in [2.05, 4.69) is 5.32 Å². The highest BCUT2D eigenvalue weighted by atomic mass is 35.5. The average molecular weight is 338 g/mol. The van der Waals surface area contributed by atoms with Gasteiger partial charge in [0.25, 0.3) is 0 Å². The SMILES string of the molecule is CS(=O)Cc1cc(NCc2cccc3c2OCO3)ccc1Cl. The van der Waals surface area contributed by atoms with Gasteiger partial charge >= 0.3 is 0 Å². The second kappa shape index (κ2) is 6.58. The summed E-state index contributed by atoms with van der Waals surface area (Å²) in [6.07, 6.45) is 1.67.